The lowest BCUT2D eigenvalue weighted by molar-refractivity contribution is 0.601. The van der Waals surface area contributed by atoms with E-state index in [-0.39, 0.29) is 23.6 Å². The molecule has 2 fully saturated rings. The number of para-hydroxylation sites is 1. The Bertz CT molecular complexity index is 950. The van der Waals surface area contributed by atoms with Gasteiger partial charge in [0.2, 0.25) is 0 Å². The molecule has 0 aliphatic carbocycles. The maximum atomic E-state index is 12.3. The summed E-state index contributed by atoms with van der Waals surface area (Å²) < 4.78 is 24.6. The van der Waals surface area contributed by atoms with Gasteiger partial charge in [0.25, 0.3) is 0 Å². The van der Waals surface area contributed by atoms with Gasteiger partial charge in [-0.2, -0.15) is 0 Å². The molecule has 2 aliphatic heterocycles. The zero-order valence-electron chi connectivity index (χ0n) is 13.0. The molecule has 2 saturated heterocycles. The first-order valence-corrected chi connectivity index (χ1v) is 10.7. The van der Waals surface area contributed by atoms with E-state index in [0.29, 0.717) is 15.2 Å². The number of hydrogen-bond donors (Lipinski definition) is 0. The molecule has 2 heterocycles. The van der Waals surface area contributed by atoms with E-state index in [2.05, 4.69) is 0 Å². The van der Waals surface area contributed by atoms with Crippen LogP contribution in [0.15, 0.2) is 48.5 Å². The zero-order chi connectivity index (χ0) is 17.8. The van der Waals surface area contributed by atoms with Gasteiger partial charge in [0, 0.05) is 11.4 Å². The third-order valence-electron chi connectivity index (χ3n) is 4.58. The Morgan fingerprint density at radius 3 is 2.08 bits per heavy atom. The average Bonchev–Trinajstić information content (AvgIpc) is 3.00. The Morgan fingerprint density at radius 1 is 0.880 bits per heavy atom. The number of nitrogens with zero attached hydrogens (tertiary/aromatic N) is 2. The minimum Gasteiger partial charge on any atom is -0.312 e. The van der Waals surface area contributed by atoms with Crippen LogP contribution in [0.4, 0.5) is 11.4 Å². The summed E-state index contributed by atoms with van der Waals surface area (Å²) in [5.41, 5.74) is 1.65. The summed E-state index contributed by atoms with van der Waals surface area (Å²) in [6.07, 6.45) is 0. The predicted molar refractivity (Wildman–Crippen MR) is 107 cm³/mol. The molecule has 0 bridgehead atoms. The first kappa shape index (κ1) is 17.1. The molecule has 2 atom stereocenters. The standard InChI is InChI=1S/C17H14Cl2N2O2S2/c18-13-7-6-12(8-14(13)19)21-16-10-25(22,23)9-15(16)20(17(21)24)11-4-2-1-3-5-11/h1-8,15-16H,9-10H2/t15-,16+/m0/s1. The third-order valence-corrected chi connectivity index (χ3v) is 7.42. The third kappa shape index (κ3) is 2.91. The number of fused-ring (bicyclic) bond motifs is 1. The van der Waals surface area contributed by atoms with Crippen molar-refractivity contribution in [3.8, 4) is 0 Å². The van der Waals surface area contributed by atoms with Gasteiger partial charge < -0.3 is 9.80 Å². The summed E-state index contributed by atoms with van der Waals surface area (Å²) in [6, 6.07) is 14.4. The Kier molecular flexibility index (Phi) is 4.19. The highest BCUT2D eigenvalue weighted by molar-refractivity contribution is 7.91. The highest BCUT2D eigenvalue weighted by Gasteiger charge is 2.52. The molecule has 2 aliphatic rings. The topological polar surface area (TPSA) is 40.6 Å². The zero-order valence-corrected chi connectivity index (χ0v) is 16.1. The fourth-order valence-electron chi connectivity index (χ4n) is 3.53. The quantitative estimate of drug-likeness (QED) is 0.702. The Balaban J connectivity index is 1.82. The van der Waals surface area contributed by atoms with Crippen molar-refractivity contribution in [1.29, 1.82) is 0 Å². The summed E-state index contributed by atoms with van der Waals surface area (Å²) in [7, 11) is -3.13. The van der Waals surface area contributed by atoms with Crippen molar-refractivity contribution < 1.29 is 8.42 Å². The van der Waals surface area contributed by atoms with Crippen molar-refractivity contribution >= 4 is 61.7 Å². The van der Waals surface area contributed by atoms with Crippen molar-refractivity contribution in [1.82, 2.24) is 0 Å². The monoisotopic (exact) mass is 412 g/mol. The first-order chi connectivity index (χ1) is 11.9. The Hall–Kier alpha value is -1.34. The molecular weight excluding hydrogens is 399 g/mol. The maximum Gasteiger partial charge on any atom is 0.181 e. The minimum atomic E-state index is -3.13. The molecule has 0 radical (unpaired) electrons. The van der Waals surface area contributed by atoms with Crippen LogP contribution in [-0.4, -0.2) is 37.1 Å². The van der Waals surface area contributed by atoms with Crippen molar-refractivity contribution in [3.05, 3.63) is 58.6 Å². The molecule has 4 nitrogen and oxygen atoms in total. The lowest BCUT2D eigenvalue weighted by atomic mass is 10.1. The van der Waals surface area contributed by atoms with Gasteiger partial charge in [0.15, 0.2) is 14.9 Å². The number of hydrogen-bond acceptors (Lipinski definition) is 3. The van der Waals surface area contributed by atoms with Gasteiger partial charge >= 0.3 is 0 Å². The van der Waals surface area contributed by atoms with Crippen LogP contribution in [0.3, 0.4) is 0 Å². The number of sulfone groups is 1. The second kappa shape index (κ2) is 6.13. The molecule has 0 N–H and O–H groups in total. The van der Waals surface area contributed by atoms with Crippen molar-refractivity contribution in [2.24, 2.45) is 0 Å². The van der Waals surface area contributed by atoms with E-state index in [4.69, 9.17) is 35.4 Å². The van der Waals surface area contributed by atoms with Crippen LogP contribution in [-0.2, 0) is 9.84 Å². The fraction of sp³-hybridized carbons (Fsp3) is 0.235. The molecular formula is C17H14Cl2N2O2S2. The molecule has 0 amide bonds. The van der Waals surface area contributed by atoms with Crippen LogP contribution < -0.4 is 9.80 Å². The summed E-state index contributed by atoms with van der Waals surface area (Å²) in [5.74, 6) is 0.159. The molecule has 2 aromatic carbocycles. The van der Waals surface area contributed by atoms with Gasteiger partial charge in [0.05, 0.1) is 33.6 Å². The van der Waals surface area contributed by atoms with Crippen molar-refractivity contribution in [2.45, 2.75) is 12.1 Å². The number of thiocarbonyl (C=S) groups is 1. The average molecular weight is 413 g/mol. The summed E-state index contributed by atoms with van der Waals surface area (Å²) in [4.78, 5) is 3.83. The number of benzene rings is 2. The van der Waals surface area contributed by atoms with E-state index in [1.165, 1.54) is 0 Å². The first-order valence-electron chi connectivity index (χ1n) is 7.70. The molecule has 0 saturated carbocycles. The van der Waals surface area contributed by atoms with Crippen molar-refractivity contribution in [2.75, 3.05) is 21.3 Å². The highest BCUT2D eigenvalue weighted by Crippen LogP contribution is 2.39. The molecule has 0 aromatic heterocycles. The molecule has 130 valence electrons. The second-order valence-electron chi connectivity index (χ2n) is 6.17. The number of rotatable bonds is 2. The molecule has 2 aromatic rings. The molecule has 4 rings (SSSR count). The number of anilines is 2. The van der Waals surface area contributed by atoms with Crippen LogP contribution in [0.25, 0.3) is 0 Å². The summed E-state index contributed by atoms with van der Waals surface area (Å²) in [5, 5.41) is 1.44. The second-order valence-corrected chi connectivity index (χ2v) is 9.50. The molecule has 8 heteroatoms. The van der Waals surface area contributed by atoms with Gasteiger partial charge in [-0.25, -0.2) is 8.42 Å². The van der Waals surface area contributed by atoms with Crippen LogP contribution in [0.2, 0.25) is 10.0 Å². The minimum absolute atomic E-state index is 0.0708. The molecule has 0 spiro atoms. The van der Waals surface area contributed by atoms with Gasteiger partial charge in [-0.3, -0.25) is 0 Å². The molecule has 25 heavy (non-hydrogen) atoms. The van der Waals surface area contributed by atoms with Gasteiger partial charge in [-0.1, -0.05) is 41.4 Å². The molecule has 0 unspecified atom stereocenters. The highest BCUT2D eigenvalue weighted by atomic mass is 35.5. The van der Waals surface area contributed by atoms with Gasteiger partial charge in [-0.05, 0) is 42.5 Å². The Morgan fingerprint density at radius 2 is 1.48 bits per heavy atom. The SMILES string of the molecule is O=S1(=O)C[C@@H]2[C@H](C1)N(c1ccccc1)C(=S)N2c1ccc(Cl)c(Cl)c1. The van der Waals surface area contributed by atoms with E-state index in [0.717, 1.165) is 11.4 Å². The summed E-state index contributed by atoms with van der Waals surface area (Å²) in [6.45, 7) is 0. The van der Waals surface area contributed by atoms with Gasteiger partial charge in [0.1, 0.15) is 0 Å². The van der Waals surface area contributed by atoms with Crippen LogP contribution in [0.1, 0.15) is 0 Å². The van der Waals surface area contributed by atoms with Crippen molar-refractivity contribution in [3.63, 3.8) is 0 Å². The van der Waals surface area contributed by atoms with E-state index >= 15 is 0 Å². The predicted octanol–water partition coefficient (Wildman–Crippen LogP) is 3.77. The lowest BCUT2D eigenvalue weighted by Crippen LogP contribution is -2.37. The van der Waals surface area contributed by atoms with E-state index < -0.39 is 9.84 Å². The lowest BCUT2D eigenvalue weighted by Gasteiger charge is -2.26. The normalized spacial score (nSPS) is 24.6. The van der Waals surface area contributed by atoms with Crippen LogP contribution in [0, 0.1) is 0 Å². The number of halogens is 2. The Labute approximate surface area is 161 Å². The van der Waals surface area contributed by atoms with Gasteiger partial charge in [-0.15, -0.1) is 0 Å². The largest absolute Gasteiger partial charge is 0.312 e. The van der Waals surface area contributed by atoms with E-state index in [1.807, 2.05) is 46.2 Å². The van der Waals surface area contributed by atoms with Crippen LogP contribution >= 0.6 is 35.4 Å². The fourth-order valence-corrected chi connectivity index (χ4v) is 6.22. The van der Waals surface area contributed by atoms with E-state index in [9.17, 15) is 8.42 Å². The van der Waals surface area contributed by atoms with Crippen LogP contribution in [0.5, 0.6) is 0 Å². The summed E-state index contributed by atoms with van der Waals surface area (Å²) >= 11 is 17.9. The van der Waals surface area contributed by atoms with E-state index in [1.54, 1.807) is 12.1 Å². The maximum absolute atomic E-state index is 12.3. The smallest absolute Gasteiger partial charge is 0.181 e.